The summed E-state index contributed by atoms with van der Waals surface area (Å²) >= 11 is 0. The number of nitrogens with zero attached hydrogens (tertiary/aromatic N) is 1. The van der Waals surface area contributed by atoms with Crippen LogP contribution >= 0.6 is 0 Å². The molecule has 126 valence electrons. The van der Waals surface area contributed by atoms with Gasteiger partial charge >= 0.3 is 5.97 Å². The van der Waals surface area contributed by atoms with Crippen molar-refractivity contribution in [2.75, 3.05) is 0 Å². The fraction of sp³-hybridized carbons (Fsp3) is 0.438. The van der Waals surface area contributed by atoms with Crippen LogP contribution in [0.4, 0.5) is 0 Å². The number of carboxylic acids is 1. The third-order valence-corrected chi connectivity index (χ3v) is 5.70. The summed E-state index contributed by atoms with van der Waals surface area (Å²) in [5.74, 6) is -1.15. The standard InChI is InChI=1S/C16H22N2O4S/c1-4-5-9-13(16(19)20)17-23(21,22)15-11(2)18(3)14-10-7-6-8-12(14)15/h6-8,10,13,17H,4-5,9H2,1-3H3,(H,19,20). The van der Waals surface area contributed by atoms with E-state index in [1.54, 1.807) is 30.7 Å². The number of hydrogen-bond donors (Lipinski definition) is 2. The molecule has 1 aromatic carbocycles. The van der Waals surface area contributed by atoms with E-state index in [2.05, 4.69) is 4.72 Å². The highest BCUT2D eigenvalue weighted by Gasteiger charge is 2.29. The summed E-state index contributed by atoms with van der Waals surface area (Å²) in [6.07, 6.45) is 1.72. The first-order valence-electron chi connectivity index (χ1n) is 7.58. The highest BCUT2D eigenvalue weighted by Crippen LogP contribution is 2.29. The molecule has 6 nitrogen and oxygen atoms in total. The lowest BCUT2D eigenvalue weighted by atomic mass is 10.1. The zero-order chi connectivity index (χ0) is 17.2. The molecule has 1 atom stereocenters. The van der Waals surface area contributed by atoms with Gasteiger partial charge in [0.25, 0.3) is 0 Å². The van der Waals surface area contributed by atoms with Gasteiger partial charge < -0.3 is 9.67 Å². The SMILES string of the molecule is CCCCC(NS(=O)(=O)c1c(C)n(C)c2ccccc12)C(=O)O. The van der Waals surface area contributed by atoms with Crippen molar-refractivity contribution in [1.82, 2.24) is 9.29 Å². The van der Waals surface area contributed by atoms with E-state index in [4.69, 9.17) is 0 Å². The van der Waals surface area contributed by atoms with Crippen LogP contribution in [0.5, 0.6) is 0 Å². The lowest BCUT2D eigenvalue weighted by Gasteiger charge is -2.14. The Morgan fingerprint density at radius 3 is 2.61 bits per heavy atom. The van der Waals surface area contributed by atoms with Crippen LogP contribution in [0.15, 0.2) is 29.2 Å². The molecule has 1 heterocycles. The number of carboxylic acid groups (broad SMARTS) is 1. The first kappa shape index (κ1) is 17.5. The van der Waals surface area contributed by atoms with Gasteiger partial charge in [0.05, 0.1) is 0 Å². The molecule has 1 unspecified atom stereocenters. The Balaban J connectivity index is 2.48. The number of aliphatic carboxylic acids is 1. The highest BCUT2D eigenvalue weighted by molar-refractivity contribution is 7.89. The molecular weight excluding hydrogens is 316 g/mol. The molecule has 23 heavy (non-hydrogen) atoms. The lowest BCUT2D eigenvalue weighted by Crippen LogP contribution is -2.40. The minimum absolute atomic E-state index is 0.151. The van der Waals surface area contributed by atoms with Crippen LogP contribution in [0.3, 0.4) is 0 Å². The first-order chi connectivity index (χ1) is 10.8. The number of para-hydroxylation sites is 1. The Labute approximate surface area is 136 Å². The maximum absolute atomic E-state index is 12.8. The van der Waals surface area contributed by atoms with Gasteiger partial charge in [-0.3, -0.25) is 4.79 Å². The largest absolute Gasteiger partial charge is 0.480 e. The molecule has 0 aliphatic rings. The predicted molar refractivity (Wildman–Crippen MR) is 88.9 cm³/mol. The molecule has 2 N–H and O–H groups in total. The first-order valence-corrected chi connectivity index (χ1v) is 9.07. The van der Waals surface area contributed by atoms with E-state index in [0.29, 0.717) is 17.5 Å². The average molecular weight is 338 g/mol. The van der Waals surface area contributed by atoms with E-state index in [1.165, 1.54) is 0 Å². The molecular formula is C16H22N2O4S. The Bertz CT molecular complexity index is 824. The molecule has 0 aliphatic heterocycles. The van der Waals surface area contributed by atoms with Crippen molar-refractivity contribution in [2.24, 2.45) is 7.05 Å². The maximum atomic E-state index is 12.8. The van der Waals surface area contributed by atoms with Crippen LogP contribution in [0, 0.1) is 6.92 Å². The van der Waals surface area contributed by atoms with E-state index in [0.717, 1.165) is 11.9 Å². The van der Waals surface area contributed by atoms with Crippen molar-refractivity contribution in [3.8, 4) is 0 Å². The third-order valence-electron chi connectivity index (χ3n) is 4.05. The summed E-state index contributed by atoms with van der Waals surface area (Å²) in [5.41, 5.74) is 1.38. The molecule has 0 saturated carbocycles. The number of fused-ring (bicyclic) bond motifs is 1. The van der Waals surface area contributed by atoms with Crippen LogP contribution in [0.2, 0.25) is 0 Å². The van der Waals surface area contributed by atoms with Crippen LogP contribution in [0.1, 0.15) is 31.9 Å². The molecule has 0 spiro atoms. The van der Waals surface area contributed by atoms with Crippen molar-refractivity contribution >= 4 is 26.9 Å². The van der Waals surface area contributed by atoms with Crippen molar-refractivity contribution in [1.29, 1.82) is 0 Å². The zero-order valence-electron chi connectivity index (χ0n) is 13.5. The molecule has 0 bridgehead atoms. The topological polar surface area (TPSA) is 88.4 Å². The number of hydrogen-bond acceptors (Lipinski definition) is 3. The Kier molecular flexibility index (Phi) is 5.11. The fourth-order valence-electron chi connectivity index (χ4n) is 2.71. The van der Waals surface area contributed by atoms with Crippen LogP contribution < -0.4 is 4.72 Å². The molecule has 2 rings (SSSR count). The second-order valence-electron chi connectivity index (χ2n) is 5.65. The number of benzene rings is 1. The average Bonchev–Trinajstić information content (AvgIpc) is 2.76. The Morgan fingerprint density at radius 1 is 1.35 bits per heavy atom. The van der Waals surface area contributed by atoms with E-state index in [1.807, 2.05) is 19.1 Å². The van der Waals surface area contributed by atoms with Gasteiger partial charge in [0.1, 0.15) is 10.9 Å². The summed E-state index contributed by atoms with van der Waals surface area (Å²) in [6.45, 7) is 3.65. The molecule has 7 heteroatoms. The second-order valence-corrected chi connectivity index (χ2v) is 7.30. The third kappa shape index (κ3) is 3.40. The molecule has 0 aliphatic carbocycles. The van der Waals surface area contributed by atoms with Crippen molar-refractivity contribution < 1.29 is 18.3 Å². The van der Waals surface area contributed by atoms with Crippen molar-refractivity contribution in [3.63, 3.8) is 0 Å². The van der Waals surface area contributed by atoms with E-state index < -0.39 is 22.0 Å². The van der Waals surface area contributed by atoms with Gasteiger partial charge in [0.15, 0.2) is 0 Å². The summed E-state index contributed by atoms with van der Waals surface area (Å²) in [4.78, 5) is 11.5. The van der Waals surface area contributed by atoms with Gasteiger partial charge in [0.2, 0.25) is 10.0 Å². The minimum atomic E-state index is -3.92. The molecule has 2 aromatic rings. The van der Waals surface area contributed by atoms with Gasteiger partial charge in [-0.25, -0.2) is 8.42 Å². The monoisotopic (exact) mass is 338 g/mol. The maximum Gasteiger partial charge on any atom is 0.321 e. The predicted octanol–water partition coefficient (Wildman–Crippen LogP) is 2.41. The number of nitrogens with one attached hydrogen (secondary N) is 1. The van der Waals surface area contributed by atoms with E-state index in [9.17, 15) is 18.3 Å². The lowest BCUT2D eigenvalue weighted by molar-refractivity contribution is -0.139. The number of unbranched alkanes of at least 4 members (excludes halogenated alkanes) is 1. The van der Waals surface area contributed by atoms with Crippen LogP contribution in [-0.2, 0) is 21.9 Å². The van der Waals surface area contributed by atoms with Crippen molar-refractivity contribution in [2.45, 2.75) is 44.0 Å². The number of aryl methyl sites for hydroxylation is 1. The molecule has 1 aromatic heterocycles. The fourth-order valence-corrected chi connectivity index (χ4v) is 4.41. The van der Waals surface area contributed by atoms with Crippen LogP contribution in [0.25, 0.3) is 10.9 Å². The van der Waals surface area contributed by atoms with E-state index >= 15 is 0 Å². The van der Waals surface area contributed by atoms with Crippen molar-refractivity contribution in [3.05, 3.63) is 30.0 Å². The summed E-state index contributed by atoms with van der Waals surface area (Å²) in [6, 6.07) is 6.07. The number of carbonyl (C=O) groups is 1. The van der Waals surface area contributed by atoms with Gasteiger partial charge in [-0.15, -0.1) is 0 Å². The highest BCUT2D eigenvalue weighted by atomic mass is 32.2. The number of sulfonamides is 1. The molecule has 0 saturated heterocycles. The minimum Gasteiger partial charge on any atom is -0.480 e. The van der Waals surface area contributed by atoms with Gasteiger partial charge in [-0.05, 0) is 19.4 Å². The van der Waals surface area contributed by atoms with Gasteiger partial charge in [0, 0.05) is 23.6 Å². The second kappa shape index (κ2) is 6.72. The quantitative estimate of drug-likeness (QED) is 0.811. The zero-order valence-corrected chi connectivity index (χ0v) is 14.4. The smallest absolute Gasteiger partial charge is 0.321 e. The number of rotatable bonds is 7. The van der Waals surface area contributed by atoms with Gasteiger partial charge in [-0.2, -0.15) is 4.72 Å². The van der Waals surface area contributed by atoms with Gasteiger partial charge in [-0.1, -0.05) is 38.0 Å². The molecule has 0 fully saturated rings. The summed E-state index contributed by atoms with van der Waals surface area (Å²) in [5, 5.41) is 9.86. The molecule has 0 radical (unpaired) electrons. The Hall–Kier alpha value is -1.86. The normalized spacial score (nSPS) is 13.3. The van der Waals surface area contributed by atoms with E-state index in [-0.39, 0.29) is 11.3 Å². The Morgan fingerprint density at radius 2 is 2.00 bits per heavy atom. The number of aromatic nitrogens is 1. The summed E-state index contributed by atoms with van der Waals surface area (Å²) in [7, 11) is -2.13. The summed E-state index contributed by atoms with van der Waals surface area (Å²) < 4.78 is 29.7. The molecule has 0 amide bonds. The van der Waals surface area contributed by atoms with Crippen LogP contribution in [-0.4, -0.2) is 30.1 Å².